The Labute approximate surface area is 148 Å². The molecule has 1 aliphatic heterocycles. The number of nitrogens with one attached hydrogen (secondary N) is 1. The predicted molar refractivity (Wildman–Crippen MR) is 93.6 cm³/mol. The summed E-state index contributed by atoms with van der Waals surface area (Å²) in [5.74, 6) is 2.90. The van der Waals surface area contributed by atoms with Gasteiger partial charge in [0.25, 0.3) is 5.91 Å². The van der Waals surface area contributed by atoms with Crippen LogP contribution in [0, 0.1) is 11.8 Å². The van der Waals surface area contributed by atoms with Crippen LogP contribution in [0.4, 0.5) is 5.95 Å². The second kappa shape index (κ2) is 6.24. The van der Waals surface area contributed by atoms with Crippen molar-refractivity contribution in [1.29, 1.82) is 0 Å². The van der Waals surface area contributed by atoms with Crippen molar-refractivity contribution in [2.75, 3.05) is 31.6 Å². The van der Waals surface area contributed by atoms with Gasteiger partial charge in [0.2, 0.25) is 5.95 Å². The molecule has 5 rings (SSSR count). The van der Waals surface area contributed by atoms with E-state index in [-0.39, 0.29) is 5.91 Å². The number of morpholine rings is 1. The van der Waals surface area contributed by atoms with E-state index in [1.54, 1.807) is 6.20 Å². The van der Waals surface area contributed by atoms with Gasteiger partial charge in [-0.1, -0.05) is 6.42 Å². The smallest absolute Gasteiger partial charge is 0.257 e. The fourth-order valence-corrected chi connectivity index (χ4v) is 4.82. The summed E-state index contributed by atoms with van der Waals surface area (Å²) >= 11 is 0. The zero-order valence-corrected chi connectivity index (χ0v) is 14.6. The quantitative estimate of drug-likeness (QED) is 0.910. The van der Waals surface area contributed by atoms with Crippen LogP contribution < -0.4 is 5.32 Å². The molecule has 134 valence electrons. The Morgan fingerprint density at radius 2 is 2.00 bits per heavy atom. The molecular formula is C19H26N4O2. The minimum absolute atomic E-state index is 0.0664. The highest BCUT2D eigenvalue weighted by Crippen LogP contribution is 2.45. The molecule has 3 atom stereocenters. The highest BCUT2D eigenvalue weighted by Gasteiger charge is 2.40. The Kier molecular flexibility index (Phi) is 3.88. The van der Waals surface area contributed by atoms with E-state index in [1.165, 1.54) is 25.7 Å². The number of hydrogen-bond acceptors (Lipinski definition) is 5. The molecule has 2 heterocycles. The van der Waals surface area contributed by atoms with Crippen molar-refractivity contribution >= 4 is 11.9 Å². The van der Waals surface area contributed by atoms with E-state index in [0.29, 0.717) is 43.8 Å². The van der Waals surface area contributed by atoms with E-state index in [4.69, 9.17) is 9.72 Å². The number of fused-ring (bicyclic) bond motifs is 2. The van der Waals surface area contributed by atoms with Gasteiger partial charge in [-0.15, -0.1) is 0 Å². The van der Waals surface area contributed by atoms with Gasteiger partial charge < -0.3 is 15.0 Å². The number of rotatable bonds is 4. The first-order valence-electron chi connectivity index (χ1n) is 9.78. The summed E-state index contributed by atoms with van der Waals surface area (Å²) in [6.07, 6.45) is 9.37. The van der Waals surface area contributed by atoms with Crippen molar-refractivity contribution in [1.82, 2.24) is 14.9 Å². The lowest BCUT2D eigenvalue weighted by molar-refractivity contribution is 0.0301. The minimum atomic E-state index is 0.0664. The van der Waals surface area contributed by atoms with Gasteiger partial charge in [0.1, 0.15) is 0 Å². The van der Waals surface area contributed by atoms with Crippen molar-refractivity contribution in [2.24, 2.45) is 11.8 Å². The maximum Gasteiger partial charge on any atom is 0.257 e. The van der Waals surface area contributed by atoms with Crippen LogP contribution in [0.2, 0.25) is 0 Å². The van der Waals surface area contributed by atoms with Crippen molar-refractivity contribution in [3.63, 3.8) is 0 Å². The van der Waals surface area contributed by atoms with Crippen LogP contribution in [0.5, 0.6) is 0 Å². The van der Waals surface area contributed by atoms with Crippen molar-refractivity contribution in [3.8, 4) is 0 Å². The molecule has 1 aromatic heterocycles. The molecule has 0 unspecified atom stereocenters. The normalized spacial score (nSPS) is 31.4. The van der Waals surface area contributed by atoms with E-state index in [0.717, 1.165) is 36.3 Å². The molecule has 1 amide bonds. The van der Waals surface area contributed by atoms with Gasteiger partial charge >= 0.3 is 0 Å². The van der Waals surface area contributed by atoms with E-state index in [1.807, 2.05) is 4.90 Å². The number of amides is 1. The van der Waals surface area contributed by atoms with Gasteiger partial charge in [0.15, 0.2) is 0 Å². The number of ether oxygens (including phenoxy) is 1. The van der Waals surface area contributed by atoms with Gasteiger partial charge in [-0.3, -0.25) is 4.79 Å². The van der Waals surface area contributed by atoms with E-state index in [9.17, 15) is 4.79 Å². The molecule has 3 aliphatic carbocycles. The lowest BCUT2D eigenvalue weighted by Gasteiger charge is -2.27. The summed E-state index contributed by atoms with van der Waals surface area (Å²) < 4.78 is 5.36. The van der Waals surface area contributed by atoms with Crippen LogP contribution in [0.25, 0.3) is 0 Å². The highest BCUT2D eigenvalue weighted by atomic mass is 16.5. The first-order valence-corrected chi connectivity index (χ1v) is 9.78. The number of carbonyl (C=O) groups excluding carboxylic acids is 1. The molecular weight excluding hydrogens is 316 g/mol. The number of nitrogens with zero attached hydrogens (tertiary/aromatic N) is 3. The molecule has 6 nitrogen and oxygen atoms in total. The molecule has 0 aromatic carbocycles. The molecule has 3 saturated carbocycles. The Morgan fingerprint density at radius 3 is 2.68 bits per heavy atom. The summed E-state index contributed by atoms with van der Waals surface area (Å²) in [7, 11) is 0. The molecule has 1 aromatic rings. The molecule has 4 aliphatic rings. The zero-order valence-electron chi connectivity index (χ0n) is 14.6. The van der Waals surface area contributed by atoms with Gasteiger partial charge in [-0.2, -0.15) is 0 Å². The first-order chi connectivity index (χ1) is 12.3. The number of aromatic nitrogens is 2. The molecule has 0 spiro atoms. The molecule has 25 heavy (non-hydrogen) atoms. The Morgan fingerprint density at radius 1 is 1.16 bits per heavy atom. The molecule has 4 fully saturated rings. The summed E-state index contributed by atoms with van der Waals surface area (Å²) in [5, 5.41) is 3.57. The SMILES string of the molecule is O=C(c1cnc(N[C@@H]2C[C@H]3CC[C@@H]2C3)nc1C1CC1)N1CCOCC1. The fourth-order valence-electron chi connectivity index (χ4n) is 4.82. The van der Waals surface area contributed by atoms with Gasteiger partial charge in [-0.05, 0) is 43.9 Å². The van der Waals surface area contributed by atoms with Gasteiger partial charge in [-0.25, -0.2) is 9.97 Å². The second-order valence-electron chi connectivity index (χ2n) is 8.10. The van der Waals surface area contributed by atoms with Crippen LogP contribution in [0.15, 0.2) is 6.20 Å². The topological polar surface area (TPSA) is 67.4 Å². The monoisotopic (exact) mass is 342 g/mol. The largest absolute Gasteiger partial charge is 0.378 e. The summed E-state index contributed by atoms with van der Waals surface area (Å²) in [5.41, 5.74) is 1.65. The molecule has 2 bridgehead atoms. The van der Waals surface area contributed by atoms with Crippen molar-refractivity contribution in [2.45, 2.75) is 50.5 Å². The first kappa shape index (κ1) is 15.6. The average Bonchev–Trinajstić information content (AvgIpc) is 3.30. The predicted octanol–water partition coefficient (Wildman–Crippen LogP) is 2.43. The standard InChI is InChI=1S/C19H26N4O2/c24-18(23-5-7-25-8-6-23)15-11-20-19(22-17(15)13-3-4-13)21-16-10-12-1-2-14(16)9-12/h11-14,16H,1-10H2,(H,20,21,22)/t12-,14+,16+/m0/s1. The maximum absolute atomic E-state index is 12.9. The molecule has 6 heteroatoms. The third-order valence-corrected chi connectivity index (χ3v) is 6.36. The Hall–Kier alpha value is -1.69. The average molecular weight is 342 g/mol. The third kappa shape index (κ3) is 3.01. The van der Waals surface area contributed by atoms with Crippen LogP contribution in [-0.2, 0) is 4.74 Å². The summed E-state index contributed by atoms with van der Waals surface area (Å²) in [4.78, 5) is 24.1. The van der Waals surface area contributed by atoms with Crippen LogP contribution in [0.3, 0.4) is 0 Å². The molecule has 1 saturated heterocycles. The minimum Gasteiger partial charge on any atom is -0.378 e. The van der Waals surface area contributed by atoms with E-state index in [2.05, 4.69) is 10.3 Å². The fraction of sp³-hybridized carbons (Fsp3) is 0.737. The molecule has 1 N–H and O–H groups in total. The Balaban J connectivity index is 1.36. The Bertz CT molecular complexity index is 669. The second-order valence-corrected chi connectivity index (χ2v) is 8.10. The number of carbonyl (C=O) groups is 1. The highest BCUT2D eigenvalue weighted by molar-refractivity contribution is 5.95. The van der Waals surface area contributed by atoms with E-state index >= 15 is 0 Å². The lowest BCUT2D eigenvalue weighted by Crippen LogP contribution is -2.41. The van der Waals surface area contributed by atoms with Gasteiger partial charge in [0, 0.05) is 31.2 Å². The number of hydrogen-bond donors (Lipinski definition) is 1. The maximum atomic E-state index is 12.9. The van der Waals surface area contributed by atoms with E-state index < -0.39 is 0 Å². The number of anilines is 1. The van der Waals surface area contributed by atoms with Crippen LogP contribution in [-0.4, -0.2) is 53.1 Å². The van der Waals surface area contributed by atoms with Gasteiger partial charge in [0.05, 0.1) is 24.5 Å². The zero-order chi connectivity index (χ0) is 16.8. The van der Waals surface area contributed by atoms with Crippen molar-refractivity contribution in [3.05, 3.63) is 17.5 Å². The lowest BCUT2D eigenvalue weighted by atomic mass is 9.95. The van der Waals surface area contributed by atoms with Crippen LogP contribution >= 0.6 is 0 Å². The summed E-state index contributed by atoms with van der Waals surface area (Å²) in [6.45, 7) is 2.56. The van der Waals surface area contributed by atoms with Crippen molar-refractivity contribution < 1.29 is 9.53 Å². The molecule has 0 radical (unpaired) electrons. The third-order valence-electron chi connectivity index (χ3n) is 6.36. The van der Waals surface area contributed by atoms with Crippen LogP contribution in [0.1, 0.15) is 60.5 Å². The summed E-state index contributed by atoms with van der Waals surface area (Å²) in [6, 6.07) is 0.520.